The second-order valence-corrected chi connectivity index (χ2v) is 2.92. The average molecular weight is 344 g/mol. The van der Waals surface area contributed by atoms with Crippen LogP contribution in [0.4, 0.5) is 0 Å². The van der Waals surface area contributed by atoms with Crippen molar-refractivity contribution in [3.05, 3.63) is 40.7 Å². The summed E-state index contributed by atoms with van der Waals surface area (Å²) in [6.45, 7) is 15.2. The van der Waals surface area contributed by atoms with Gasteiger partial charge in [-0.15, -0.1) is 0 Å². The van der Waals surface area contributed by atoms with Crippen LogP contribution in [-0.2, 0) is 20.4 Å². The van der Waals surface area contributed by atoms with Crippen LogP contribution in [0, 0.1) is 20.6 Å². The zero-order valence-electron chi connectivity index (χ0n) is 10.8. The van der Waals surface area contributed by atoms with Crippen LogP contribution < -0.4 is 5.73 Å². The Hall–Kier alpha value is -1.09. The SMILES string of the molecule is [C-]#[N+]CCCCN.[C-]#[N+]CCCCN=[N+]=[N-].[CH3-].[Pd]. The summed E-state index contributed by atoms with van der Waals surface area (Å²) >= 11 is 0. The van der Waals surface area contributed by atoms with Crippen LogP contribution in [0.1, 0.15) is 25.7 Å². The minimum Gasteiger partial charge on any atom is -0.358 e. The second-order valence-electron chi connectivity index (χ2n) is 2.92. The topological polar surface area (TPSA) is 83.5 Å². The molecule has 0 aromatic heterocycles. The van der Waals surface area contributed by atoms with Crippen molar-refractivity contribution in [2.24, 2.45) is 10.8 Å². The van der Waals surface area contributed by atoms with Crippen LogP contribution >= 0.6 is 0 Å². The predicted molar refractivity (Wildman–Crippen MR) is 70.9 cm³/mol. The zero-order chi connectivity index (χ0) is 12.5. The summed E-state index contributed by atoms with van der Waals surface area (Å²) in [6, 6.07) is 0. The normalized spacial score (nSPS) is 6.83. The van der Waals surface area contributed by atoms with Gasteiger partial charge in [-0.05, 0) is 24.9 Å². The van der Waals surface area contributed by atoms with Gasteiger partial charge in [-0.1, -0.05) is 5.11 Å². The predicted octanol–water partition coefficient (Wildman–Crippen LogP) is 3.09. The molecule has 0 amide bonds. The molecule has 0 bridgehead atoms. The van der Waals surface area contributed by atoms with Crippen LogP contribution in [0.3, 0.4) is 0 Å². The van der Waals surface area contributed by atoms with Crippen LogP contribution in [0.25, 0.3) is 20.1 Å². The molecule has 0 heterocycles. The van der Waals surface area contributed by atoms with E-state index in [0.717, 1.165) is 32.2 Å². The molecule has 0 spiro atoms. The van der Waals surface area contributed by atoms with Crippen LogP contribution in [-0.4, -0.2) is 26.2 Å². The smallest absolute Gasteiger partial charge is 0.214 e. The number of rotatable bonds is 7. The van der Waals surface area contributed by atoms with E-state index < -0.39 is 0 Å². The Labute approximate surface area is 124 Å². The summed E-state index contributed by atoms with van der Waals surface area (Å²) < 4.78 is 0. The molecule has 0 saturated heterocycles. The Kier molecular flexibility index (Phi) is 42.4. The van der Waals surface area contributed by atoms with E-state index in [-0.39, 0.29) is 27.8 Å². The number of nitrogens with two attached hydrogens (primary N) is 1. The van der Waals surface area contributed by atoms with E-state index in [2.05, 4.69) is 19.7 Å². The molecular weight excluding hydrogens is 323 g/mol. The minimum atomic E-state index is 0. The Bertz CT molecular complexity index is 262. The van der Waals surface area contributed by atoms with Gasteiger partial charge in [0.15, 0.2) is 0 Å². The quantitative estimate of drug-likeness (QED) is 0.189. The van der Waals surface area contributed by atoms with Crippen molar-refractivity contribution in [2.45, 2.75) is 25.7 Å². The van der Waals surface area contributed by atoms with Crippen molar-refractivity contribution in [1.29, 1.82) is 0 Å². The first kappa shape index (κ1) is 25.7. The monoisotopic (exact) mass is 343 g/mol. The summed E-state index contributed by atoms with van der Waals surface area (Å²) in [5, 5.41) is 3.32. The molecule has 0 unspecified atom stereocenters. The molecule has 0 radical (unpaired) electrons. The Balaban J connectivity index is -0.000000100. The minimum absolute atomic E-state index is 0. The third-order valence-corrected chi connectivity index (χ3v) is 1.57. The summed E-state index contributed by atoms with van der Waals surface area (Å²) in [6.07, 6.45) is 3.61. The molecule has 0 rings (SSSR count). The molecule has 0 aromatic carbocycles. The maximum Gasteiger partial charge on any atom is 0.214 e. The molecular formula is C11H21N6Pd-. The van der Waals surface area contributed by atoms with Gasteiger partial charge in [-0.25, -0.2) is 13.1 Å². The first-order chi connectivity index (χ1) is 7.83. The van der Waals surface area contributed by atoms with Crippen LogP contribution in [0.2, 0.25) is 0 Å². The van der Waals surface area contributed by atoms with Crippen LogP contribution in [0.15, 0.2) is 5.11 Å². The molecule has 6 nitrogen and oxygen atoms in total. The van der Waals surface area contributed by atoms with Crippen LogP contribution in [0.5, 0.6) is 0 Å². The van der Waals surface area contributed by atoms with E-state index in [0.29, 0.717) is 19.6 Å². The molecule has 7 heteroatoms. The maximum absolute atomic E-state index is 7.82. The van der Waals surface area contributed by atoms with E-state index in [1.165, 1.54) is 0 Å². The van der Waals surface area contributed by atoms with Gasteiger partial charge >= 0.3 is 0 Å². The molecule has 2 N–H and O–H groups in total. The molecule has 0 saturated carbocycles. The van der Waals surface area contributed by atoms with Crippen molar-refractivity contribution in [3.8, 4) is 0 Å². The summed E-state index contributed by atoms with van der Waals surface area (Å²) in [5.74, 6) is 0. The van der Waals surface area contributed by atoms with E-state index in [1.54, 1.807) is 0 Å². The van der Waals surface area contributed by atoms with Gasteiger partial charge in [0.25, 0.3) is 0 Å². The van der Waals surface area contributed by atoms with E-state index in [1.807, 2.05) is 0 Å². The summed E-state index contributed by atoms with van der Waals surface area (Å²) in [5.41, 5.74) is 13.0. The second kappa shape index (κ2) is 29.7. The van der Waals surface area contributed by atoms with Gasteiger partial charge in [-0.3, -0.25) is 0 Å². The van der Waals surface area contributed by atoms with E-state index in [9.17, 15) is 0 Å². The zero-order valence-corrected chi connectivity index (χ0v) is 12.3. The molecule has 106 valence electrons. The fourth-order valence-electron chi connectivity index (χ4n) is 0.753. The number of hydrogen-bond acceptors (Lipinski definition) is 2. The fraction of sp³-hybridized carbons (Fsp3) is 0.727. The van der Waals surface area contributed by atoms with Gasteiger partial charge in [0.2, 0.25) is 13.1 Å². The van der Waals surface area contributed by atoms with Gasteiger partial charge < -0.3 is 22.9 Å². The molecule has 0 aliphatic heterocycles. The molecule has 0 fully saturated rings. The first-order valence-electron chi connectivity index (χ1n) is 5.20. The fourth-order valence-corrected chi connectivity index (χ4v) is 0.753. The van der Waals surface area contributed by atoms with Gasteiger partial charge in [0.1, 0.15) is 0 Å². The van der Waals surface area contributed by atoms with E-state index >= 15 is 0 Å². The third-order valence-electron chi connectivity index (χ3n) is 1.57. The van der Waals surface area contributed by atoms with Crippen molar-refractivity contribution in [3.63, 3.8) is 0 Å². The largest absolute Gasteiger partial charge is 0.358 e. The average Bonchev–Trinajstić information content (AvgIpc) is 2.31. The number of unbranched alkanes of at least 4 members (excludes halogenated alkanes) is 2. The number of azide groups is 1. The molecule has 0 aliphatic rings. The van der Waals surface area contributed by atoms with E-state index in [4.69, 9.17) is 24.4 Å². The maximum atomic E-state index is 7.82. The molecule has 18 heavy (non-hydrogen) atoms. The van der Waals surface area contributed by atoms with Crippen molar-refractivity contribution >= 4 is 0 Å². The van der Waals surface area contributed by atoms with Gasteiger partial charge in [0.05, 0.1) is 0 Å². The Morgan fingerprint density at radius 1 is 1.00 bits per heavy atom. The number of nitrogens with zero attached hydrogens (tertiary/aromatic N) is 5. The van der Waals surface area contributed by atoms with Crippen molar-refractivity contribution < 1.29 is 20.4 Å². The van der Waals surface area contributed by atoms with Crippen molar-refractivity contribution in [2.75, 3.05) is 26.2 Å². The number of hydrogen-bond donors (Lipinski definition) is 1. The Morgan fingerprint density at radius 2 is 1.50 bits per heavy atom. The molecule has 0 atom stereocenters. The first-order valence-corrected chi connectivity index (χ1v) is 5.20. The standard InChI is InChI=1S/C5H8N4.C5H10N2.CH3.Pd/c1-7-4-2-3-5-8-9-6;1-7-5-3-2-4-6;;/h2-5H2;2-6H2;1H3;/q;;-1;. The summed E-state index contributed by atoms with van der Waals surface area (Å²) in [7, 11) is 0. The van der Waals surface area contributed by atoms with Gasteiger partial charge in [0, 0.05) is 44.7 Å². The molecule has 0 aromatic rings. The Morgan fingerprint density at radius 3 is 1.89 bits per heavy atom. The van der Waals surface area contributed by atoms with Gasteiger partial charge in [-0.2, -0.15) is 0 Å². The summed E-state index contributed by atoms with van der Waals surface area (Å²) in [4.78, 5) is 8.90. The molecule has 0 aliphatic carbocycles. The third kappa shape index (κ3) is 36.3. The van der Waals surface area contributed by atoms with Crippen molar-refractivity contribution in [1.82, 2.24) is 0 Å².